The molecule has 8 nitrogen and oxygen atoms in total. The van der Waals surface area contributed by atoms with Gasteiger partial charge in [-0.25, -0.2) is 0 Å². The third-order valence-corrected chi connectivity index (χ3v) is 8.06. The summed E-state index contributed by atoms with van der Waals surface area (Å²) in [6.07, 6.45) is 12.6. The van der Waals surface area contributed by atoms with Crippen molar-refractivity contribution in [3.8, 4) is 0 Å². The van der Waals surface area contributed by atoms with E-state index >= 15 is 0 Å². The third-order valence-electron chi connectivity index (χ3n) is 8.06. The predicted molar refractivity (Wildman–Crippen MR) is 132 cm³/mol. The van der Waals surface area contributed by atoms with Gasteiger partial charge in [0, 0.05) is 39.3 Å². The molecule has 4 aliphatic heterocycles. The zero-order valence-corrected chi connectivity index (χ0v) is 21.4. The molecule has 4 heterocycles. The zero-order valence-electron chi connectivity index (χ0n) is 21.4. The van der Waals surface area contributed by atoms with Crippen LogP contribution < -0.4 is 0 Å². The van der Waals surface area contributed by atoms with Crippen LogP contribution in [0.15, 0.2) is 24.3 Å². The van der Waals surface area contributed by atoms with Gasteiger partial charge in [0.25, 0.3) is 0 Å². The first-order chi connectivity index (χ1) is 16.8. The largest absolute Gasteiger partial charge is 0.396 e. The van der Waals surface area contributed by atoms with Crippen molar-refractivity contribution in [1.82, 2.24) is 14.7 Å². The molecule has 1 N–H and O–H groups in total. The number of nitrogens with zero attached hydrogens (tertiary/aromatic N) is 3. The van der Waals surface area contributed by atoms with Gasteiger partial charge in [0.05, 0.1) is 17.4 Å². The summed E-state index contributed by atoms with van der Waals surface area (Å²) in [6, 6.07) is -0.783. The lowest BCUT2D eigenvalue weighted by molar-refractivity contribution is -0.152. The van der Waals surface area contributed by atoms with E-state index in [1.54, 1.807) is 4.90 Å². The highest BCUT2D eigenvalue weighted by Crippen LogP contribution is 2.57. The molecule has 0 radical (unpaired) electrons. The van der Waals surface area contributed by atoms with E-state index in [9.17, 15) is 19.5 Å². The monoisotopic (exact) mass is 487 g/mol. The zero-order chi connectivity index (χ0) is 25.2. The van der Waals surface area contributed by atoms with Gasteiger partial charge in [-0.2, -0.15) is 0 Å². The van der Waals surface area contributed by atoms with E-state index in [0.29, 0.717) is 45.6 Å². The quantitative estimate of drug-likeness (QED) is 0.377. The molecule has 0 aromatic carbocycles. The van der Waals surface area contributed by atoms with Gasteiger partial charge in [0.2, 0.25) is 17.7 Å². The van der Waals surface area contributed by atoms with Gasteiger partial charge < -0.3 is 24.5 Å². The summed E-state index contributed by atoms with van der Waals surface area (Å²) in [6.45, 7) is 8.78. The van der Waals surface area contributed by atoms with Crippen LogP contribution in [-0.4, -0.2) is 94.1 Å². The van der Waals surface area contributed by atoms with Crippen molar-refractivity contribution in [3.63, 3.8) is 0 Å². The Morgan fingerprint density at radius 2 is 1.57 bits per heavy atom. The second-order valence-electron chi connectivity index (χ2n) is 10.5. The van der Waals surface area contributed by atoms with E-state index in [2.05, 4.69) is 6.92 Å². The van der Waals surface area contributed by atoms with E-state index in [0.717, 1.165) is 25.7 Å². The van der Waals surface area contributed by atoms with E-state index in [1.807, 2.05) is 48.0 Å². The number of carbonyl (C=O) groups excluding carboxylic acids is 3. The van der Waals surface area contributed by atoms with Gasteiger partial charge in [0.1, 0.15) is 11.6 Å². The number of rotatable bonds is 10. The summed E-state index contributed by atoms with van der Waals surface area (Å²) in [5.41, 5.74) is -2.12. The van der Waals surface area contributed by atoms with Gasteiger partial charge in [0.15, 0.2) is 0 Å². The van der Waals surface area contributed by atoms with Gasteiger partial charge in [-0.3, -0.25) is 14.4 Å². The summed E-state index contributed by atoms with van der Waals surface area (Å²) < 4.78 is 6.81. The molecule has 8 heteroatoms. The van der Waals surface area contributed by atoms with Crippen LogP contribution in [0.25, 0.3) is 0 Å². The number of fused-ring (bicyclic) bond motifs is 2. The first-order valence-electron chi connectivity index (χ1n) is 13.4. The summed E-state index contributed by atoms with van der Waals surface area (Å²) >= 11 is 0. The van der Waals surface area contributed by atoms with Crippen LogP contribution in [0.4, 0.5) is 0 Å². The molecule has 0 saturated carbocycles. The highest BCUT2D eigenvalue weighted by atomic mass is 16.5. The standard InChI is InChI=1S/C27H41N3O5/c1-4-6-15-29-17-11-13-27-21(24(33)30(22(27)25(29)34)18-8-7-9-19-31)20-23(32)28(14-5-2)16-10-12-26(20,3)35-27/h10-13,20-22,31H,4-9,14-19H2,1-3H3/t20-,21+,22?,26+,27+/m1/s1. The Bertz CT molecular complexity index is 888. The lowest BCUT2D eigenvalue weighted by Gasteiger charge is -2.37. The third kappa shape index (κ3) is 4.33. The van der Waals surface area contributed by atoms with Crippen LogP contribution in [0.2, 0.25) is 0 Å². The fourth-order valence-corrected chi connectivity index (χ4v) is 6.45. The van der Waals surface area contributed by atoms with Crippen LogP contribution >= 0.6 is 0 Å². The number of unbranched alkanes of at least 4 members (excludes halogenated alkanes) is 3. The molecule has 3 amide bonds. The molecule has 1 unspecified atom stereocenters. The molecule has 1 spiro atoms. The molecule has 4 rings (SSSR count). The lowest BCUT2D eigenvalue weighted by atomic mass is 9.74. The average molecular weight is 488 g/mol. The summed E-state index contributed by atoms with van der Waals surface area (Å²) in [7, 11) is 0. The van der Waals surface area contributed by atoms with Crippen LogP contribution in [-0.2, 0) is 19.1 Å². The van der Waals surface area contributed by atoms with Crippen molar-refractivity contribution >= 4 is 17.7 Å². The fourth-order valence-electron chi connectivity index (χ4n) is 6.45. The number of likely N-dealkylation sites (tertiary alicyclic amines) is 1. The lowest BCUT2D eigenvalue weighted by Crippen LogP contribution is -2.56. The topological polar surface area (TPSA) is 90.4 Å². The number of hydrogen-bond acceptors (Lipinski definition) is 5. The maximum absolute atomic E-state index is 14.1. The van der Waals surface area contributed by atoms with Crippen LogP contribution in [0.3, 0.4) is 0 Å². The number of carbonyl (C=O) groups is 3. The Morgan fingerprint density at radius 1 is 0.857 bits per heavy atom. The minimum absolute atomic E-state index is 0.0663. The Kier molecular flexibility index (Phi) is 7.71. The van der Waals surface area contributed by atoms with Crippen molar-refractivity contribution in [1.29, 1.82) is 0 Å². The first-order valence-corrected chi connectivity index (χ1v) is 13.4. The highest BCUT2D eigenvalue weighted by molar-refractivity contribution is 6.00. The van der Waals surface area contributed by atoms with Crippen molar-refractivity contribution in [3.05, 3.63) is 24.3 Å². The molecular formula is C27H41N3O5. The maximum Gasteiger partial charge on any atom is 0.249 e. The minimum Gasteiger partial charge on any atom is -0.396 e. The Morgan fingerprint density at radius 3 is 2.26 bits per heavy atom. The van der Waals surface area contributed by atoms with Crippen molar-refractivity contribution in [2.75, 3.05) is 39.3 Å². The number of aliphatic hydroxyl groups is 1. The second-order valence-corrected chi connectivity index (χ2v) is 10.5. The first kappa shape index (κ1) is 25.9. The van der Waals surface area contributed by atoms with Crippen LogP contribution in [0.5, 0.6) is 0 Å². The predicted octanol–water partition coefficient (Wildman–Crippen LogP) is 2.13. The molecule has 0 aliphatic carbocycles. The summed E-state index contributed by atoms with van der Waals surface area (Å²) in [4.78, 5) is 47.3. The Hall–Kier alpha value is -2.19. The molecule has 0 bridgehead atoms. The second kappa shape index (κ2) is 10.4. The Labute approximate surface area is 208 Å². The fraction of sp³-hybridized carbons (Fsp3) is 0.741. The number of ether oxygens (including phenoxy) is 1. The molecule has 5 atom stereocenters. The van der Waals surface area contributed by atoms with Crippen LogP contribution in [0.1, 0.15) is 59.3 Å². The van der Waals surface area contributed by atoms with Gasteiger partial charge in [-0.05, 0) is 39.0 Å². The molecule has 0 aromatic rings. The summed E-state index contributed by atoms with van der Waals surface area (Å²) in [5.74, 6) is -1.74. The van der Waals surface area contributed by atoms with E-state index in [4.69, 9.17) is 4.74 Å². The highest BCUT2D eigenvalue weighted by Gasteiger charge is 2.74. The van der Waals surface area contributed by atoms with Gasteiger partial charge in [-0.1, -0.05) is 44.6 Å². The van der Waals surface area contributed by atoms with E-state index < -0.39 is 29.1 Å². The molecule has 4 aliphatic rings. The smallest absolute Gasteiger partial charge is 0.249 e. The van der Waals surface area contributed by atoms with E-state index in [-0.39, 0.29) is 24.3 Å². The van der Waals surface area contributed by atoms with Crippen molar-refractivity contribution in [2.45, 2.75) is 76.5 Å². The normalized spacial score (nSPS) is 34.2. The molecular weight excluding hydrogens is 446 g/mol. The molecule has 35 heavy (non-hydrogen) atoms. The average Bonchev–Trinajstić information content (AvgIpc) is 3.10. The summed E-state index contributed by atoms with van der Waals surface area (Å²) in [5, 5.41) is 9.19. The van der Waals surface area contributed by atoms with Crippen LogP contribution in [0, 0.1) is 11.8 Å². The minimum atomic E-state index is -1.17. The number of amides is 3. The van der Waals surface area contributed by atoms with Crippen molar-refractivity contribution < 1.29 is 24.2 Å². The Balaban J connectivity index is 1.76. The SMILES string of the molecule is CCCCN1CC=C[C@]23O[C@@]4(C)C=CCN(CCC)C(=O)[C@H]4[C@H]2C(=O)N(CCCCCO)C3C1=O. The van der Waals surface area contributed by atoms with Gasteiger partial charge in [-0.15, -0.1) is 0 Å². The number of aliphatic hydroxyl groups excluding tert-OH is 1. The van der Waals surface area contributed by atoms with E-state index in [1.165, 1.54) is 0 Å². The number of hydrogen-bond donors (Lipinski definition) is 1. The molecule has 194 valence electrons. The molecule has 2 fully saturated rings. The van der Waals surface area contributed by atoms with Crippen molar-refractivity contribution in [2.24, 2.45) is 11.8 Å². The molecule has 0 aromatic heterocycles. The maximum atomic E-state index is 14.1. The molecule has 2 saturated heterocycles. The van der Waals surface area contributed by atoms with Gasteiger partial charge >= 0.3 is 0 Å².